The van der Waals surface area contributed by atoms with E-state index in [1.165, 1.54) is 6.07 Å². The Morgan fingerprint density at radius 3 is 2.38 bits per heavy atom. The predicted molar refractivity (Wildman–Crippen MR) is 121 cm³/mol. The minimum Gasteiger partial charge on any atom is -0.384 e. The fraction of sp³-hybridized carbons (Fsp3) is 0.458. The average molecular weight is 462 g/mol. The van der Waals surface area contributed by atoms with Gasteiger partial charge in [0.2, 0.25) is 11.9 Å². The first-order valence-corrected chi connectivity index (χ1v) is 11.0. The maximum atomic E-state index is 13.4. The molecule has 3 rings (SSSR count). The van der Waals surface area contributed by atoms with Gasteiger partial charge in [-0.2, -0.15) is 4.39 Å². The van der Waals surface area contributed by atoms with Crippen LogP contribution in [0.2, 0.25) is 5.02 Å². The van der Waals surface area contributed by atoms with Crippen molar-refractivity contribution < 1.29 is 19.1 Å². The monoisotopic (exact) mass is 461 g/mol. The van der Waals surface area contributed by atoms with Crippen LogP contribution in [0.3, 0.4) is 0 Å². The highest BCUT2D eigenvalue weighted by Crippen LogP contribution is 2.46. The molecule has 1 aliphatic rings. The second-order valence-electron chi connectivity index (χ2n) is 9.33. The van der Waals surface area contributed by atoms with E-state index in [1.807, 2.05) is 39.8 Å². The van der Waals surface area contributed by atoms with Crippen molar-refractivity contribution in [1.82, 2.24) is 15.2 Å². The Bertz CT molecular complexity index is 979. The van der Waals surface area contributed by atoms with E-state index < -0.39 is 28.9 Å². The molecule has 32 heavy (non-hydrogen) atoms. The third-order valence-corrected chi connectivity index (χ3v) is 6.54. The van der Waals surface area contributed by atoms with Crippen LogP contribution in [0.25, 0.3) is 0 Å². The Balaban J connectivity index is 1.76. The van der Waals surface area contributed by atoms with Gasteiger partial charge in [0.05, 0.1) is 11.2 Å². The molecule has 1 fully saturated rings. The number of rotatable bonds is 5. The van der Waals surface area contributed by atoms with Gasteiger partial charge in [-0.3, -0.25) is 9.59 Å². The molecule has 1 aromatic heterocycles. The molecule has 8 heteroatoms. The van der Waals surface area contributed by atoms with Crippen LogP contribution < -0.4 is 5.32 Å². The first kappa shape index (κ1) is 24.1. The number of carbonyl (C=O) groups excluding carboxylic acids is 2. The number of benzene rings is 1. The molecule has 0 aliphatic carbocycles. The fourth-order valence-corrected chi connectivity index (χ4v) is 4.34. The van der Waals surface area contributed by atoms with Gasteiger partial charge in [0, 0.05) is 29.7 Å². The molecular formula is C24H29ClFN3O3. The predicted octanol–water partition coefficient (Wildman–Crippen LogP) is 3.77. The zero-order valence-electron chi connectivity index (χ0n) is 18.7. The highest BCUT2D eigenvalue weighted by Gasteiger charge is 2.50. The molecule has 1 saturated heterocycles. The van der Waals surface area contributed by atoms with Gasteiger partial charge in [0.15, 0.2) is 0 Å². The molecule has 1 aromatic carbocycles. The fourth-order valence-electron chi connectivity index (χ4n) is 4.22. The van der Waals surface area contributed by atoms with Gasteiger partial charge in [0.25, 0.3) is 5.91 Å². The van der Waals surface area contributed by atoms with Gasteiger partial charge < -0.3 is 15.3 Å². The Morgan fingerprint density at radius 2 is 1.84 bits per heavy atom. The molecule has 0 saturated carbocycles. The summed E-state index contributed by atoms with van der Waals surface area (Å²) in [6.07, 6.45) is 1.50. The van der Waals surface area contributed by atoms with E-state index in [0.29, 0.717) is 24.5 Å². The van der Waals surface area contributed by atoms with Crippen LogP contribution in [0.5, 0.6) is 0 Å². The quantitative estimate of drug-likeness (QED) is 0.664. The van der Waals surface area contributed by atoms with Crippen LogP contribution in [0.15, 0.2) is 42.6 Å². The number of aliphatic hydroxyl groups is 1. The Kier molecular flexibility index (Phi) is 6.91. The van der Waals surface area contributed by atoms with E-state index in [4.69, 9.17) is 11.6 Å². The van der Waals surface area contributed by atoms with E-state index in [2.05, 4.69) is 10.3 Å². The minimum absolute atomic E-state index is 0.167. The SMILES string of the molecule is CC(C)[C@@H](NC(=O)c1ccc(F)nc1)C(=O)N1CC[C@](O)(c2ccc(Cl)cc2)C(C)(C)C1. The maximum absolute atomic E-state index is 13.4. The second kappa shape index (κ2) is 9.16. The van der Waals surface area contributed by atoms with Crippen LogP contribution in [0.1, 0.15) is 50.0 Å². The van der Waals surface area contributed by atoms with E-state index in [9.17, 15) is 19.1 Å². The molecular weight excluding hydrogens is 433 g/mol. The van der Waals surface area contributed by atoms with Crippen molar-refractivity contribution in [3.63, 3.8) is 0 Å². The number of pyridine rings is 1. The van der Waals surface area contributed by atoms with Gasteiger partial charge in [-0.1, -0.05) is 51.4 Å². The van der Waals surface area contributed by atoms with Crippen LogP contribution in [0, 0.1) is 17.3 Å². The van der Waals surface area contributed by atoms with Gasteiger partial charge in [-0.25, -0.2) is 4.98 Å². The number of hydrogen-bond donors (Lipinski definition) is 2. The van der Waals surface area contributed by atoms with Crippen molar-refractivity contribution in [1.29, 1.82) is 0 Å². The second-order valence-corrected chi connectivity index (χ2v) is 9.76. The van der Waals surface area contributed by atoms with Crippen LogP contribution in [0.4, 0.5) is 4.39 Å². The number of hydrogen-bond acceptors (Lipinski definition) is 4. The third-order valence-electron chi connectivity index (χ3n) is 6.29. The molecule has 0 spiro atoms. The summed E-state index contributed by atoms with van der Waals surface area (Å²) in [5.74, 6) is -1.55. The number of nitrogens with one attached hydrogen (secondary N) is 1. The summed E-state index contributed by atoms with van der Waals surface area (Å²) in [5, 5.41) is 14.9. The zero-order chi connectivity index (χ0) is 23.7. The number of piperidine rings is 1. The molecule has 2 atom stereocenters. The Hall–Kier alpha value is -2.51. The number of amides is 2. The summed E-state index contributed by atoms with van der Waals surface area (Å²) >= 11 is 6.00. The van der Waals surface area contributed by atoms with Gasteiger partial charge >= 0.3 is 0 Å². The molecule has 6 nitrogen and oxygen atoms in total. The van der Waals surface area contributed by atoms with Crippen LogP contribution >= 0.6 is 11.6 Å². The standard InChI is InChI=1S/C24H29ClFN3O3/c1-15(2)20(28-21(30)16-5-10-19(26)27-13-16)22(31)29-12-11-24(32,23(3,4)14-29)17-6-8-18(25)9-7-17/h5-10,13,15,20,32H,11-12,14H2,1-4H3,(H,28,30)/t20-,24+/m1/s1. The highest BCUT2D eigenvalue weighted by atomic mass is 35.5. The largest absolute Gasteiger partial charge is 0.384 e. The number of aromatic nitrogens is 1. The normalized spacial score (nSPS) is 21.3. The van der Waals surface area contributed by atoms with Crippen molar-refractivity contribution >= 4 is 23.4 Å². The van der Waals surface area contributed by atoms with Crippen LogP contribution in [-0.4, -0.2) is 45.9 Å². The Labute approximate surface area is 192 Å². The van der Waals surface area contributed by atoms with E-state index in [0.717, 1.165) is 17.8 Å². The van der Waals surface area contributed by atoms with E-state index in [-0.39, 0.29) is 17.4 Å². The summed E-state index contributed by atoms with van der Waals surface area (Å²) < 4.78 is 13.1. The van der Waals surface area contributed by atoms with Crippen molar-refractivity contribution in [2.75, 3.05) is 13.1 Å². The van der Waals surface area contributed by atoms with Crippen molar-refractivity contribution in [3.8, 4) is 0 Å². The molecule has 2 heterocycles. The smallest absolute Gasteiger partial charge is 0.253 e. The summed E-state index contributed by atoms with van der Waals surface area (Å²) in [5.41, 5.74) is -0.816. The summed E-state index contributed by atoms with van der Waals surface area (Å²) in [4.78, 5) is 31.2. The van der Waals surface area contributed by atoms with Crippen molar-refractivity contribution in [2.45, 2.75) is 45.8 Å². The number of nitrogens with zero attached hydrogens (tertiary/aromatic N) is 2. The topological polar surface area (TPSA) is 82.5 Å². The molecule has 2 aromatic rings. The Morgan fingerprint density at radius 1 is 1.19 bits per heavy atom. The number of halogens is 2. The lowest BCUT2D eigenvalue weighted by atomic mass is 9.66. The van der Waals surface area contributed by atoms with Gasteiger partial charge in [0.1, 0.15) is 6.04 Å². The molecule has 0 bridgehead atoms. The molecule has 0 unspecified atom stereocenters. The molecule has 2 amide bonds. The lowest BCUT2D eigenvalue weighted by molar-refractivity contribution is -0.155. The first-order valence-electron chi connectivity index (χ1n) is 10.6. The van der Waals surface area contributed by atoms with Crippen molar-refractivity contribution in [2.24, 2.45) is 11.3 Å². The minimum atomic E-state index is -1.12. The lowest BCUT2D eigenvalue weighted by Crippen LogP contribution is -2.60. The molecule has 172 valence electrons. The zero-order valence-corrected chi connectivity index (χ0v) is 19.5. The number of carbonyl (C=O) groups is 2. The molecule has 1 aliphatic heterocycles. The lowest BCUT2D eigenvalue weighted by Gasteiger charge is -2.51. The average Bonchev–Trinajstić information content (AvgIpc) is 2.74. The van der Waals surface area contributed by atoms with E-state index in [1.54, 1.807) is 17.0 Å². The van der Waals surface area contributed by atoms with Crippen molar-refractivity contribution in [3.05, 3.63) is 64.7 Å². The number of likely N-dealkylation sites (tertiary alicyclic amines) is 1. The third kappa shape index (κ3) is 4.79. The summed E-state index contributed by atoms with van der Waals surface area (Å²) in [6.45, 7) is 8.22. The van der Waals surface area contributed by atoms with Gasteiger partial charge in [-0.15, -0.1) is 0 Å². The van der Waals surface area contributed by atoms with Crippen LogP contribution in [-0.2, 0) is 10.4 Å². The van der Waals surface area contributed by atoms with Gasteiger partial charge in [-0.05, 0) is 42.2 Å². The molecule has 0 radical (unpaired) electrons. The summed E-state index contributed by atoms with van der Waals surface area (Å²) in [7, 11) is 0. The first-order chi connectivity index (χ1) is 14.9. The summed E-state index contributed by atoms with van der Waals surface area (Å²) in [6, 6.07) is 8.80. The highest BCUT2D eigenvalue weighted by molar-refractivity contribution is 6.30. The maximum Gasteiger partial charge on any atom is 0.253 e. The molecule has 2 N–H and O–H groups in total. The van der Waals surface area contributed by atoms with E-state index >= 15 is 0 Å².